The molecule has 0 unspecified atom stereocenters. The van der Waals surface area contributed by atoms with Gasteiger partial charge < -0.3 is 10.1 Å². The van der Waals surface area contributed by atoms with E-state index in [2.05, 4.69) is 10.3 Å². The molecule has 27 heavy (non-hydrogen) atoms. The molecule has 1 aliphatic rings. The number of fused-ring (bicyclic) bond motifs is 1. The number of hydrogen-bond donors (Lipinski definition) is 1. The van der Waals surface area contributed by atoms with Gasteiger partial charge >= 0.3 is 6.09 Å². The highest BCUT2D eigenvalue weighted by Gasteiger charge is 2.31. The number of sulfonamides is 1. The lowest BCUT2D eigenvalue weighted by atomic mass is 10.1. The molecule has 0 aliphatic carbocycles. The highest BCUT2D eigenvalue weighted by Crippen LogP contribution is 2.27. The van der Waals surface area contributed by atoms with Gasteiger partial charge in [0.1, 0.15) is 5.60 Å². The van der Waals surface area contributed by atoms with Gasteiger partial charge in [-0.15, -0.1) is 0 Å². The highest BCUT2D eigenvalue weighted by atomic mass is 32.2. The number of aromatic nitrogens is 1. The first kappa shape index (κ1) is 19.6. The van der Waals surface area contributed by atoms with Crippen molar-refractivity contribution in [2.75, 3.05) is 13.1 Å². The zero-order valence-corrected chi connectivity index (χ0v) is 16.6. The van der Waals surface area contributed by atoms with Gasteiger partial charge in [-0.3, -0.25) is 4.98 Å². The standard InChI is InChI=1S/C19H25N3O4S/c1-19(2,3)26-18(23)21-15-8-11-22(12-9-15)27(24,25)17-6-4-5-14-13-20-10-7-16(14)17/h4-7,10,13,15H,8-9,11-12H2,1-3H3,(H,21,23). The molecule has 0 atom stereocenters. The Kier molecular flexibility index (Phi) is 5.39. The van der Waals surface area contributed by atoms with Crippen molar-refractivity contribution < 1.29 is 17.9 Å². The Bertz CT molecular complexity index is 924. The Morgan fingerprint density at radius 1 is 1.22 bits per heavy atom. The lowest BCUT2D eigenvalue weighted by Crippen LogP contribution is -2.47. The summed E-state index contributed by atoms with van der Waals surface area (Å²) in [7, 11) is -3.61. The molecule has 1 fully saturated rings. The molecule has 0 radical (unpaired) electrons. The SMILES string of the molecule is CC(C)(C)OC(=O)NC1CCN(S(=O)(=O)c2cccc3cnccc23)CC1. The number of carbonyl (C=O) groups is 1. The van der Waals surface area contributed by atoms with E-state index in [4.69, 9.17) is 4.74 Å². The van der Waals surface area contributed by atoms with Crippen molar-refractivity contribution in [2.24, 2.45) is 0 Å². The second kappa shape index (κ2) is 7.44. The number of pyridine rings is 1. The Morgan fingerprint density at radius 3 is 2.59 bits per heavy atom. The van der Waals surface area contributed by atoms with Gasteiger partial charge in [0.25, 0.3) is 0 Å². The molecule has 0 spiro atoms. The third-order valence-electron chi connectivity index (χ3n) is 4.43. The molecule has 1 aliphatic heterocycles. The predicted octanol–water partition coefficient (Wildman–Crippen LogP) is 2.91. The molecule has 1 amide bonds. The minimum atomic E-state index is -3.61. The van der Waals surface area contributed by atoms with Crippen molar-refractivity contribution >= 4 is 26.9 Å². The Morgan fingerprint density at radius 2 is 1.93 bits per heavy atom. The van der Waals surface area contributed by atoms with Crippen LogP contribution < -0.4 is 5.32 Å². The normalized spacial score (nSPS) is 17.0. The van der Waals surface area contributed by atoms with Crippen molar-refractivity contribution in [3.05, 3.63) is 36.7 Å². The predicted molar refractivity (Wildman–Crippen MR) is 103 cm³/mol. The quantitative estimate of drug-likeness (QED) is 0.869. The van der Waals surface area contributed by atoms with Crippen LogP contribution in [0.3, 0.4) is 0 Å². The fourth-order valence-electron chi connectivity index (χ4n) is 3.17. The molecule has 1 aromatic heterocycles. The number of rotatable bonds is 3. The van der Waals surface area contributed by atoms with Crippen LogP contribution in [0, 0.1) is 0 Å². The Hall–Kier alpha value is -2.19. The van der Waals surface area contributed by atoms with E-state index in [0.717, 1.165) is 5.39 Å². The second-order valence-corrected chi connectivity index (χ2v) is 9.58. The fraction of sp³-hybridized carbons (Fsp3) is 0.474. The van der Waals surface area contributed by atoms with Gasteiger partial charge in [-0.1, -0.05) is 12.1 Å². The number of nitrogens with one attached hydrogen (secondary N) is 1. The Balaban J connectivity index is 1.69. The van der Waals surface area contributed by atoms with E-state index in [1.807, 2.05) is 26.8 Å². The Labute approximate surface area is 159 Å². The molecular formula is C19H25N3O4S. The third-order valence-corrected chi connectivity index (χ3v) is 6.39. The molecule has 2 heterocycles. The molecule has 8 heteroatoms. The van der Waals surface area contributed by atoms with E-state index in [-0.39, 0.29) is 6.04 Å². The molecule has 0 saturated carbocycles. The van der Waals surface area contributed by atoms with Crippen molar-refractivity contribution in [1.29, 1.82) is 0 Å². The summed E-state index contributed by atoms with van der Waals surface area (Å²) in [4.78, 5) is 16.2. The molecule has 1 N–H and O–H groups in total. The van der Waals surface area contributed by atoms with Crippen molar-refractivity contribution in [3.8, 4) is 0 Å². The highest BCUT2D eigenvalue weighted by molar-refractivity contribution is 7.89. The molecule has 1 saturated heterocycles. The smallest absolute Gasteiger partial charge is 0.407 e. The molecule has 146 valence electrons. The zero-order valence-electron chi connectivity index (χ0n) is 15.8. The molecule has 2 aromatic rings. The molecule has 3 rings (SSSR count). The topological polar surface area (TPSA) is 88.6 Å². The number of carbonyl (C=O) groups excluding carboxylic acids is 1. The van der Waals surface area contributed by atoms with Crippen molar-refractivity contribution in [1.82, 2.24) is 14.6 Å². The van der Waals surface area contributed by atoms with E-state index in [9.17, 15) is 13.2 Å². The van der Waals surface area contributed by atoms with Gasteiger partial charge in [0.15, 0.2) is 0 Å². The van der Waals surface area contributed by atoms with Crippen LogP contribution in [-0.4, -0.2) is 48.5 Å². The lowest BCUT2D eigenvalue weighted by molar-refractivity contribution is 0.0489. The van der Waals surface area contributed by atoms with Crippen LogP contribution >= 0.6 is 0 Å². The maximum Gasteiger partial charge on any atom is 0.407 e. The summed E-state index contributed by atoms with van der Waals surface area (Å²) in [6.07, 6.45) is 3.88. The largest absolute Gasteiger partial charge is 0.444 e. The van der Waals surface area contributed by atoms with Crippen LogP contribution in [0.4, 0.5) is 4.79 Å². The van der Waals surface area contributed by atoms with Gasteiger partial charge in [-0.05, 0) is 45.7 Å². The van der Waals surface area contributed by atoms with E-state index >= 15 is 0 Å². The number of hydrogen-bond acceptors (Lipinski definition) is 5. The number of nitrogens with zero attached hydrogens (tertiary/aromatic N) is 2. The number of alkyl carbamates (subject to hydrolysis) is 1. The fourth-order valence-corrected chi connectivity index (χ4v) is 4.86. The summed E-state index contributed by atoms with van der Waals surface area (Å²) in [5.74, 6) is 0. The first-order chi connectivity index (χ1) is 12.7. The summed E-state index contributed by atoms with van der Waals surface area (Å²) < 4.78 is 33.0. The monoisotopic (exact) mass is 391 g/mol. The van der Waals surface area contributed by atoms with E-state index < -0.39 is 21.7 Å². The lowest BCUT2D eigenvalue weighted by Gasteiger charge is -2.32. The van der Waals surface area contributed by atoms with Crippen LogP contribution in [0.1, 0.15) is 33.6 Å². The van der Waals surface area contributed by atoms with Crippen LogP contribution in [0.15, 0.2) is 41.6 Å². The first-order valence-electron chi connectivity index (χ1n) is 8.99. The maximum absolute atomic E-state index is 13.1. The van der Waals surface area contributed by atoms with E-state index in [0.29, 0.717) is 36.2 Å². The first-order valence-corrected chi connectivity index (χ1v) is 10.4. The average molecular weight is 391 g/mol. The second-order valence-electron chi connectivity index (χ2n) is 7.68. The summed E-state index contributed by atoms with van der Waals surface area (Å²) in [6, 6.07) is 6.83. The average Bonchev–Trinajstić information content (AvgIpc) is 2.60. The van der Waals surface area contributed by atoms with E-state index in [1.54, 1.807) is 30.6 Å². The summed E-state index contributed by atoms with van der Waals surface area (Å²) >= 11 is 0. The summed E-state index contributed by atoms with van der Waals surface area (Å²) in [6.45, 7) is 6.12. The van der Waals surface area contributed by atoms with Gasteiger partial charge in [0, 0.05) is 42.3 Å². The zero-order chi connectivity index (χ0) is 19.7. The maximum atomic E-state index is 13.1. The molecular weight excluding hydrogens is 366 g/mol. The third kappa shape index (κ3) is 4.56. The summed E-state index contributed by atoms with van der Waals surface area (Å²) in [5, 5.41) is 4.29. The van der Waals surface area contributed by atoms with Gasteiger partial charge in [0.2, 0.25) is 10.0 Å². The molecule has 0 bridgehead atoms. The van der Waals surface area contributed by atoms with Gasteiger partial charge in [-0.25, -0.2) is 13.2 Å². The number of benzene rings is 1. The van der Waals surface area contributed by atoms with Gasteiger partial charge in [-0.2, -0.15) is 4.31 Å². The minimum Gasteiger partial charge on any atom is -0.444 e. The van der Waals surface area contributed by atoms with Crippen LogP contribution in [0.5, 0.6) is 0 Å². The van der Waals surface area contributed by atoms with Gasteiger partial charge in [0.05, 0.1) is 4.90 Å². The molecule has 1 aromatic carbocycles. The van der Waals surface area contributed by atoms with E-state index in [1.165, 1.54) is 4.31 Å². The molecule has 7 nitrogen and oxygen atoms in total. The van der Waals surface area contributed by atoms with Crippen molar-refractivity contribution in [3.63, 3.8) is 0 Å². The van der Waals surface area contributed by atoms with Crippen molar-refractivity contribution in [2.45, 2.75) is 50.2 Å². The number of ether oxygens (including phenoxy) is 1. The number of piperidine rings is 1. The summed E-state index contributed by atoms with van der Waals surface area (Å²) in [5.41, 5.74) is -0.558. The van der Waals surface area contributed by atoms with Crippen LogP contribution in [-0.2, 0) is 14.8 Å². The van der Waals surface area contributed by atoms with Crippen LogP contribution in [0.25, 0.3) is 10.8 Å². The minimum absolute atomic E-state index is 0.0944. The van der Waals surface area contributed by atoms with Crippen LogP contribution in [0.2, 0.25) is 0 Å². The number of amides is 1.